The molecule has 0 saturated heterocycles. The maximum Gasteiger partial charge on any atom is 0.147 e. The third-order valence-corrected chi connectivity index (χ3v) is 4.92. The highest BCUT2D eigenvalue weighted by atomic mass is 16.1. The highest BCUT2D eigenvalue weighted by Gasteiger charge is 2.67. The van der Waals surface area contributed by atoms with Crippen molar-refractivity contribution in [2.24, 2.45) is 10.8 Å². The number of carbonyl (C=O) groups excluding carboxylic acids is 1. The lowest BCUT2D eigenvalue weighted by Gasteiger charge is -2.33. The molecule has 0 atom stereocenters. The fourth-order valence-electron chi connectivity index (χ4n) is 4.32. The highest BCUT2D eigenvalue weighted by Crippen LogP contribution is 2.72. The van der Waals surface area contributed by atoms with Gasteiger partial charge in [-0.3, -0.25) is 4.79 Å². The fraction of sp³-hybridized carbons (Fsp3) is 0.615. The Bertz CT molecular complexity index is 308. The molecule has 3 aliphatic rings. The zero-order chi connectivity index (χ0) is 9.97. The van der Waals surface area contributed by atoms with Crippen LogP contribution in [0, 0.1) is 10.8 Å². The van der Waals surface area contributed by atoms with Crippen LogP contribution in [0.15, 0.2) is 24.3 Å². The van der Waals surface area contributed by atoms with Crippen LogP contribution in [-0.4, -0.2) is 5.78 Å². The van der Waals surface area contributed by atoms with Crippen LogP contribution in [-0.2, 0) is 4.79 Å². The van der Waals surface area contributed by atoms with Gasteiger partial charge in [-0.2, -0.15) is 0 Å². The van der Waals surface area contributed by atoms with Gasteiger partial charge in [0.25, 0.3) is 0 Å². The molecule has 74 valence electrons. The van der Waals surface area contributed by atoms with Gasteiger partial charge in [-0.15, -0.1) is 0 Å². The summed E-state index contributed by atoms with van der Waals surface area (Å²) in [7, 11) is 0. The molecule has 0 N–H and O–H groups in total. The zero-order valence-electron chi connectivity index (χ0n) is 8.57. The van der Waals surface area contributed by atoms with Crippen LogP contribution in [0.1, 0.15) is 38.5 Å². The van der Waals surface area contributed by atoms with Crippen molar-refractivity contribution in [3.05, 3.63) is 24.3 Å². The van der Waals surface area contributed by atoms with Gasteiger partial charge in [0.1, 0.15) is 5.78 Å². The molecule has 3 fully saturated rings. The van der Waals surface area contributed by atoms with E-state index >= 15 is 0 Å². The van der Waals surface area contributed by atoms with Gasteiger partial charge in [0.05, 0.1) is 5.41 Å². The minimum absolute atomic E-state index is 0.257. The van der Waals surface area contributed by atoms with Gasteiger partial charge in [-0.1, -0.05) is 24.3 Å². The van der Waals surface area contributed by atoms with Gasteiger partial charge in [0.15, 0.2) is 0 Å². The SMILES string of the molecule is C=C1CCC23CCC(=C)C12C(=O)CC3. The number of ketones is 1. The molecule has 0 spiro atoms. The van der Waals surface area contributed by atoms with Crippen LogP contribution in [0.5, 0.6) is 0 Å². The number of rotatable bonds is 0. The smallest absolute Gasteiger partial charge is 0.147 e. The number of Topliss-reactive ketones (excluding diaryl/α,β-unsaturated/α-hetero) is 1. The van der Waals surface area contributed by atoms with E-state index in [1.54, 1.807) is 0 Å². The van der Waals surface area contributed by atoms with Crippen molar-refractivity contribution in [2.75, 3.05) is 0 Å². The normalized spacial score (nSPS) is 45.9. The molecule has 0 aromatic heterocycles. The Balaban J connectivity index is 2.28. The number of carbonyl (C=O) groups is 1. The Morgan fingerprint density at radius 3 is 1.93 bits per heavy atom. The van der Waals surface area contributed by atoms with E-state index in [9.17, 15) is 4.79 Å². The summed E-state index contributed by atoms with van der Waals surface area (Å²) >= 11 is 0. The van der Waals surface area contributed by atoms with E-state index < -0.39 is 0 Å². The number of hydrogen-bond donors (Lipinski definition) is 0. The van der Waals surface area contributed by atoms with Gasteiger partial charge in [0, 0.05) is 6.42 Å². The van der Waals surface area contributed by atoms with E-state index in [0.29, 0.717) is 5.78 Å². The van der Waals surface area contributed by atoms with Gasteiger partial charge >= 0.3 is 0 Å². The number of hydrogen-bond acceptors (Lipinski definition) is 1. The molecule has 3 rings (SSSR count). The van der Waals surface area contributed by atoms with Crippen molar-refractivity contribution >= 4 is 5.78 Å². The average Bonchev–Trinajstić information content (AvgIpc) is 2.71. The third kappa shape index (κ3) is 0.589. The molecule has 1 nitrogen and oxygen atoms in total. The van der Waals surface area contributed by atoms with E-state index in [0.717, 1.165) is 25.7 Å². The first-order valence-corrected chi connectivity index (χ1v) is 5.53. The van der Waals surface area contributed by atoms with Gasteiger partial charge in [-0.05, 0) is 37.5 Å². The van der Waals surface area contributed by atoms with E-state index in [-0.39, 0.29) is 10.8 Å². The van der Waals surface area contributed by atoms with Crippen molar-refractivity contribution in [2.45, 2.75) is 38.5 Å². The van der Waals surface area contributed by atoms with Crippen LogP contribution in [0.3, 0.4) is 0 Å². The van der Waals surface area contributed by atoms with Crippen molar-refractivity contribution < 1.29 is 4.79 Å². The van der Waals surface area contributed by atoms with Gasteiger partial charge in [0.2, 0.25) is 0 Å². The molecule has 0 aromatic carbocycles. The predicted molar refractivity (Wildman–Crippen MR) is 55.9 cm³/mol. The molecular formula is C13H16O. The van der Waals surface area contributed by atoms with E-state index in [4.69, 9.17) is 0 Å². The minimum Gasteiger partial charge on any atom is -0.298 e. The second-order valence-corrected chi connectivity index (χ2v) is 5.16. The van der Waals surface area contributed by atoms with Gasteiger partial charge in [-0.25, -0.2) is 0 Å². The fourth-order valence-corrected chi connectivity index (χ4v) is 4.32. The monoisotopic (exact) mass is 188 g/mol. The lowest BCUT2D eigenvalue weighted by Crippen LogP contribution is -2.34. The Hall–Kier alpha value is -0.850. The van der Waals surface area contributed by atoms with E-state index in [2.05, 4.69) is 13.2 Å². The molecule has 0 bridgehead atoms. The van der Waals surface area contributed by atoms with Crippen LogP contribution in [0.2, 0.25) is 0 Å². The summed E-state index contributed by atoms with van der Waals surface area (Å²) in [5, 5.41) is 0. The standard InChI is InChI=1S/C13H16O/c1-9-3-6-12-7-4-10(2)13(9,12)11(14)5-8-12/h1-8H2. The second kappa shape index (κ2) is 2.21. The Kier molecular flexibility index (Phi) is 1.33. The first kappa shape index (κ1) is 8.46. The van der Waals surface area contributed by atoms with Gasteiger partial charge < -0.3 is 0 Å². The van der Waals surface area contributed by atoms with Crippen molar-refractivity contribution in [1.82, 2.24) is 0 Å². The summed E-state index contributed by atoms with van der Waals surface area (Å²) in [4.78, 5) is 12.2. The molecular weight excluding hydrogens is 172 g/mol. The van der Waals surface area contributed by atoms with Crippen molar-refractivity contribution in [3.8, 4) is 0 Å². The Labute approximate surface area is 84.9 Å². The molecule has 14 heavy (non-hydrogen) atoms. The second-order valence-electron chi connectivity index (χ2n) is 5.16. The summed E-state index contributed by atoms with van der Waals surface area (Å²) in [6.07, 6.45) is 6.30. The van der Waals surface area contributed by atoms with E-state index in [1.807, 2.05) is 0 Å². The van der Waals surface area contributed by atoms with Crippen molar-refractivity contribution in [3.63, 3.8) is 0 Å². The largest absolute Gasteiger partial charge is 0.298 e. The highest BCUT2D eigenvalue weighted by molar-refractivity contribution is 5.95. The molecule has 0 amide bonds. The Morgan fingerprint density at radius 2 is 1.43 bits per heavy atom. The quantitative estimate of drug-likeness (QED) is 0.534. The predicted octanol–water partition coefficient (Wildman–Crippen LogP) is 3.02. The average molecular weight is 188 g/mol. The van der Waals surface area contributed by atoms with Crippen LogP contribution < -0.4 is 0 Å². The first-order valence-electron chi connectivity index (χ1n) is 5.53. The molecule has 0 unspecified atom stereocenters. The lowest BCUT2D eigenvalue weighted by atomic mass is 9.67. The molecule has 0 aliphatic heterocycles. The Morgan fingerprint density at radius 1 is 0.929 bits per heavy atom. The topological polar surface area (TPSA) is 17.1 Å². The molecule has 1 heteroatoms. The summed E-state index contributed by atoms with van der Waals surface area (Å²) < 4.78 is 0. The molecule has 3 aliphatic carbocycles. The first-order chi connectivity index (χ1) is 6.63. The molecule has 0 aromatic rings. The maximum atomic E-state index is 12.2. The van der Waals surface area contributed by atoms with Crippen LogP contribution >= 0.6 is 0 Å². The molecule has 3 saturated carbocycles. The summed E-state index contributed by atoms with van der Waals surface area (Å²) in [5.41, 5.74) is 2.34. The van der Waals surface area contributed by atoms with E-state index in [1.165, 1.54) is 24.0 Å². The van der Waals surface area contributed by atoms with Crippen LogP contribution in [0.25, 0.3) is 0 Å². The third-order valence-electron chi connectivity index (χ3n) is 4.92. The van der Waals surface area contributed by atoms with Crippen molar-refractivity contribution in [1.29, 1.82) is 0 Å². The van der Waals surface area contributed by atoms with Crippen LogP contribution in [0.4, 0.5) is 0 Å². The molecule has 0 radical (unpaired) electrons. The summed E-state index contributed by atoms with van der Waals surface area (Å²) in [6.45, 7) is 8.29. The summed E-state index contributed by atoms with van der Waals surface area (Å²) in [5.74, 6) is 0.419. The minimum atomic E-state index is -0.257. The lowest BCUT2D eigenvalue weighted by molar-refractivity contribution is -0.123. The maximum absolute atomic E-state index is 12.2. The number of allylic oxidation sites excluding steroid dienone is 2. The summed E-state index contributed by atoms with van der Waals surface area (Å²) in [6, 6.07) is 0. The molecule has 0 heterocycles. The zero-order valence-corrected chi connectivity index (χ0v) is 8.57.